The average molecular weight is 269 g/mol. The van der Waals surface area contributed by atoms with E-state index in [0.717, 1.165) is 31.2 Å². The van der Waals surface area contributed by atoms with E-state index < -0.39 is 0 Å². The Labute approximate surface area is 117 Å². The van der Waals surface area contributed by atoms with Crippen LogP contribution in [-0.4, -0.2) is 29.6 Å². The van der Waals surface area contributed by atoms with Crippen molar-refractivity contribution in [3.05, 3.63) is 0 Å². The highest BCUT2D eigenvalue weighted by Crippen LogP contribution is 2.50. The van der Waals surface area contributed by atoms with Crippen LogP contribution in [0.5, 0.6) is 0 Å². The topological polar surface area (TPSA) is 20.3 Å². The largest absolute Gasteiger partial charge is 0.343 e. The molecule has 0 aromatic heterocycles. The number of carbonyl (C=O) groups excluding carboxylic acids is 1. The Bertz CT molecular complexity index is 309. The van der Waals surface area contributed by atoms with Gasteiger partial charge in [-0.2, -0.15) is 12.6 Å². The number of thiol groups is 1. The van der Waals surface area contributed by atoms with Gasteiger partial charge >= 0.3 is 0 Å². The fourth-order valence-corrected chi connectivity index (χ4v) is 3.42. The first-order chi connectivity index (χ1) is 8.36. The van der Waals surface area contributed by atoms with E-state index in [1.807, 2.05) is 0 Å². The van der Waals surface area contributed by atoms with Gasteiger partial charge in [0.15, 0.2) is 0 Å². The van der Waals surface area contributed by atoms with Crippen LogP contribution in [0.3, 0.4) is 0 Å². The molecule has 0 spiro atoms. The Balaban J connectivity index is 1.81. The van der Waals surface area contributed by atoms with Crippen LogP contribution in [0.1, 0.15) is 52.9 Å². The molecular weight excluding hydrogens is 242 g/mol. The molecule has 0 bridgehead atoms. The summed E-state index contributed by atoms with van der Waals surface area (Å²) in [4.78, 5) is 14.3. The molecule has 1 saturated carbocycles. The van der Waals surface area contributed by atoms with Gasteiger partial charge in [-0.1, -0.05) is 20.8 Å². The molecule has 0 aromatic carbocycles. The highest BCUT2D eigenvalue weighted by molar-refractivity contribution is 7.80. The van der Waals surface area contributed by atoms with E-state index in [2.05, 4.69) is 38.3 Å². The van der Waals surface area contributed by atoms with Gasteiger partial charge in [0.2, 0.25) is 5.91 Å². The van der Waals surface area contributed by atoms with E-state index in [1.54, 1.807) is 0 Å². The van der Waals surface area contributed by atoms with Gasteiger partial charge in [0.05, 0.1) is 0 Å². The van der Waals surface area contributed by atoms with Crippen LogP contribution in [-0.2, 0) is 4.79 Å². The maximum atomic E-state index is 12.3. The van der Waals surface area contributed by atoms with E-state index >= 15 is 0 Å². The first-order valence-corrected chi connectivity index (χ1v) is 7.88. The minimum absolute atomic E-state index is 0.265. The summed E-state index contributed by atoms with van der Waals surface area (Å²) in [7, 11) is 0. The molecule has 18 heavy (non-hydrogen) atoms. The molecule has 2 fully saturated rings. The number of nitrogens with zero attached hydrogens (tertiary/aromatic N) is 1. The zero-order valence-corrected chi connectivity index (χ0v) is 12.9. The number of piperidine rings is 1. The van der Waals surface area contributed by atoms with Gasteiger partial charge in [-0.25, -0.2) is 0 Å². The van der Waals surface area contributed by atoms with Gasteiger partial charge in [0.25, 0.3) is 0 Å². The second-order valence-corrected chi connectivity index (χ2v) is 7.67. The summed E-state index contributed by atoms with van der Waals surface area (Å²) in [5.74, 6) is 2.01. The third-order valence-corrected chi connectivity index (χ3v) is 5.56. The molecule has 1 amide bonds. The predicted molar refractivity (Wildman–Crippen MR) is 78.9 cm³/mol. The number of likely N-dealkylation sites (tertiary alicyclic amines) is 1. The Morgan fingerprint density at radius 1 is 1.28 bits per heavy atom. The Morgan fingerprint density at radius 2 is 1.83 bits per heavy atom. The van der Waals surface area contributed by atoms with E-state index in [9.17, 15) is 4.79 Å². The van der Waals surface area contributed by atoms with Crippen LogP contribution >= 0.6 is 12.6 Å². The van der Waals surface area contributed by atoms with Crippen LogP contribution in [0.4, 0.5) is 0 Å². The Kier molecular flexibility index (Phi) is 4.01. The van der Waals surface area contributed by atoms with Crippen molar-refractivity contribution in [3.8, 4) is 0 Å². The molecule has 3 heteroatoms. The molecular formula is C15H27NOS. The molecule has 2 aliphatic rings. The minimum atomic E-state index is 0.265. The standard InChI is InChI=1S/C15H27NOS/c1-14(2,3)12-4-8-16(9-5-12)13(17)10-15(11-18)6-7-15/h12,18H,4-11H2,1-3H3. The molecule has 0 atom stereocenters. The lowest BCUT2D eigenvalue weighted by molar-refractivity contribution is -0.134. The van der Waals surface area contributed by atoms with Crippen LogP contribution in [0.25, 0.3) is 0 Å². The molecule has 1 aliphatic carbocycles. The van der Waals surface area contributed by atoms with Crippen molar-refractivity contribution in [2.24, 2.45) is 16.7 Å². The molecule has 0 radical (unpaired) electrons. The quantitative estimate of drug-likeness (QED) is 0.779. The van der Waals surface area contributed by atoms with E-state index in [1.165, 1.54) is 25.7 Å². The molecule has 104 valence electrons. The monoisotopic (exact) mass is 269 g/mol. The van der Waals surface area contributed by atoms with Crippen molar-refractivity contribution in [2.45, 2.75) is 52.9 Å². The molecule has 1 saturated heterocycles. The van der Waals surface area contributed by atoms with Crippen molar-refractivity contribution < 1.29 is 4.79 Å². The first kappa shape index (κ1) is 14.2. The summed E-state index contributed by atoms with van der Waals surface area (Å²) in [6, 6.07) is 0. The first-order valence-electron chi connectivity index (χ1n) is 7.25. The molecule has 2 nitrogen and oxygen atoms in total. The molecule has 1 aliphatic heterocycles. The number of rotatable bonds is 3. The third kappa shape index (κ3) is 3.23. The highest BCUT2D eigenvalue weighted by atomic mass is 32.1. The molecule has 0 unspecified atom stereocenters. The average Bonchev–Trinajstić information content (AvgIpc) is 3.08. The zero-order valence-electron chi connectivity index (χ0n) is 12.0. The van der Waals surface area contributed by atoms with E-state index in [0.29, 0.717) is 11.3 Å². The summed E-state index contributed by atoms with van der Waals surface area (Å²) in [6.45, 7) is 8.87. The fraction of sp³-hybridized carbons (Fsp3) is 0.933. The van der Waals surface area contributed by atoms with Crippen molar-refractivity contribution in [3.63, 3.8) is 0 Å². The van der Waals surface area contributed by atoms with Crippen LogP contribution in [0.2, 0.25) is 0 Å². The summed E-state index contributed by atoms with van der Waals surface area (Å²) < 4.78 is 0. The Morgan fingerprint density at radius 3 is 2.22 bits per heavy atom. The van der Waals surface area contributed by atoms with Crippen LogP contribution in [0, 0.1) is 16.7 Å². The van der Waals surface area contributed by atoms with Crippen LogP contribution < -0.4 is 0 Å². The summed E-state index contributed by atoms with van der Waals surface area (Å²) in [5, 5.41) is 0. The maximum absolute atomic E-state index is 12.3. The molecule has 2 rings (SSSR count). The fourth-order valence-electron chi connectivity index (χ4n) is 3.00. The van der Waals surface area contributed by atoms with Crippen molar-refractivity contribution >= 4 is 18.5 Å². The van der Waals surface area contributed by atoms with Gasteiger partial charge < -0.3 is 4.90 Å². The van der Waals surface area contributed by atoms with E-state index in [4.69, 9.17) is 0 Å². The lowest BCUT2D eigenvalue weighted by Gasteiger charge is -2.39. The minimum Gasteiger partial charge on any atom is -0.343 e. The zero-order chi connectivity index (χ0) is 13.4. The molecule has 0 N–H and O–H groups in total. The van der Waals surface area contributed by atoms with Gasteiger partial charge in [-0.15, -0.1) is 0 Å². The van der Waals surface area contributed by atoms with Crippen molar-refractivity contribution in [1.29, 1.82) is 0 Å². The van der Waals surface area contributed by atoms with Crippen molar-refractivity contribution in [1.82, 2.24) is 4.90 Å². The Hall–Kier alpha value is -0.180. The normalized spacial score (nSPS) is 24.1. The number of amides is 1. The van der Waals surface area contributed by atoms with Gasteiger partial charge in [-0.05, 0) is 48.2 Å². The lowest BCUT2D eigenvalue weighted by atomic mass is 9.75. The summed E-state index contributed by atoms with van der Waals surface area (Å²) in [5.41, 5.74) is 0.652. The SMILES string of the molecule is CC(C)(C)C1CCN(C(=O)CC2(CS)CC2)CC1. The van der Waals surface area contributed by atoms with Crippen molar-refractivity contribution in [2.75, 3.05) is 18.8 Å². The second-order valence-electron chi connectivity index (χ2n) is 7.36. The number of hydrogen-bond acceptors (Lipinski definition) is 2. The van der Waals surface area contributed by atoms with Gasteiger partial charge in [-0.3, -0.25) is 4.79 Å². The highest BCUT2D eigenvalue weighted by Gasteiger charge is 2.44. The van der Waals surface area contributed by atoms with Gasteiger partial charge in [0, 0.05) is 19.5 Å². The third-order valence-electron chi connectivity index (χ3n) is 4.89. The van der Waals surface area contributed by atoms with Gasteiger partial charge in [0.1, 0.15) is 0 Å². The lowest BCUT2D eigenvalue weighted by Crippen LogP contribution is -2.42. The van der Waals surface area contributed by atoms with E-state index in [-0.39, 0.29) is 5.41 Å². The predicted octanol–water partition coefficient (Wildman–Crippen LogP) is 3.37. The van der Waals surface area contributed by atoms with Crippen LogP contribution in [0.15, 0.2) is 0 Å². The number of carbonyl (C=O) groups is 1. The molecule has 0 aromatic rings. The maximum Gasteiger partial charge on any atom is 0.223 e. The smallest absolute Gasteiger partial charge is 0.223 e. The number of hydrogen-bond donors (Lipinski definition) is 1. The summed E-state index contributed by atoms with van der Waals surface area (Å²) in [6.07, 6.45) is 5.46. The second kappa shape index (κ2) is 5.07. The summed E-state index contributed by atoms with van der Waals surface area (Å²) >= 11 is 4.38. The molecule has 1 heterocycles.